The Balaban J connectivity index is 2.42. The van der Waals surface area contributed by atoms with Gasteiger partial charge < -0.3 is 5.11 Å². The van der Waals surface area contributed by atoms with Gasteiger partial charge in [0.25, 0.3) is 0 Å². The van der Waals surface area contributed by atoms with Gasteiger partial charge >= 0.3 is 0 Å². The van der Waals surface area contributed by atoms with Gasteiger partial charge in [-0.25, -0.2) is 0 Å². The molecule has 1 aliphatic rings. The summed E-state index contributed by atoms with van der Waals surface area (Å²) in [5.74, 6) is 1.25. The standard InChI is InChI=1S/C13H24O2/c1-3-5-10-6-7-13(15)11(8-10)9-12(14)4-2/h10-12,14H,3-9H2,1-2H3. The zero-order chi connectivity index (χ0) is 11.3. The van der Waals surface area contributed by atoms with Crippen LogP contribution in [0.25, 0.3) is 0 Å². The molecule has 0 bridgehead atoms. The van der Waals surface area contributed by atoms with Gasteiger partial charge in [0, 0.05) is 12.3 Å². The molecule has 3 unspecified atom stereocenters. The van der Waals surface area contributed by atoms with Crippen LogP contribution >= 0.6 is 0 Å². The van der Waals surface area contributed by atoms with Crippen molar-refractivity contribution < 1.29 is 9.90 Å². The molecule has 1 saturated carbocycles. The van der Waals surface area contributed by atoms with Crippen LogP contribution in [0.5, 0.6) is 0 Å². The lowest BCUT2D eigenvalue weighted by atomic mass is 9.76. The highest BCUT2D eigenvalue weighted by Gasteiger charge is 2.29. The van der Waals surface area contributed by atoms with E-state index in [0.29, 0.717) is 12.2 Å². The summed E-state index contributed by atoms with van der Waals surface area (Å²) < 4.78 is 0. The number of hydrogen-bond acceptors (Lipinski definition) is 2. The molecular formula is C13H24O2. The first-order chi connectivity index (χ1) is 7.17. The van der Waals surface area contributed by atoms with Crippen LogP contribution in [0.15, 0.2) is 0 Å². The SMILES string of the molecule is CCCC1CCC(=O)C(CC(O)CC)C1. The van der Waals surface area contributed by atoms with Crippen molar-refractivity contribution in [2.24, 2.45) is 11.8 Å². The second-order valence-electron chi connectivity index (χ2n) is 4.89. The van der Waals surface area contributed by atoms with E-state index >= 15 is 0 Å². The molecular weight excluding hydrogens is 188 g/mol. The van der Waals surface area contributed by atoms with Gasteiger partial charge in [-0.2, -0.15) is 0 Å². The number of ketones is 1. The Labute approximate surface area is 93.1 Å². The van der Waals surface area contributed by atoms with Crippen molar-refractivity contribution in [3.8, 4) is 0 Å². The van der Waals surface area contributed by atoms with E-state index in [9.17, 15) is 9.90 Å². The normalized spacial score (nSPS) is 29.1. The lowest BCUT2D eigenvalue weighted by molar-refractivity contribution is -0.126. The first-order valence-corrected chi connectivity index (χ1v) is 6.38. The van der Waals surface area contributed by atoms with Gasteiger partial charge in [-0.05, 0) is 31.6 Å². The van der Waals surface area contributed by atoms with Crippen molar-refractivity contribution in [3.05, 3.63) is 0 Å². The molecule has 3 atom stereocenters. The van der Waals surface area contributed by atoms with Gasteiger partial charge in [0.15, 0.2) is 0 Å². The van der Waals surface area contributed by atoms with E-state index in [2.05, 4.69) is 6.92 Å². The van der Waals surface area contributed by atoms with E-state index in [0.717, 1.165) is 31.6 Å². The minimum absolute atomic E-state index is 0.144. The topological polar surface area (TPSA) is 37.3 Å². The molecule has 0 amide bonds. The summed E-state index contributed by atoms with van der Waals surface area (Å²) in [7, 11) is 0. The minimum atomic E-state index is -0.278. The maximum atomic E-state index is 11.7. The van der Waals surface area contributed by atoms with Crippen LogP contribution in [0.3, 0.4) is 0 Å². The quantitative estimate of drug-likeness (QED) is 0.760. The highest BCUT2D eigenvalue weighted by Crippen LogP contribution is 2.32. The van der Waals surface area contributed by atoms with Crippen LogP contribution in [0, 0.1) is 11.8 Å². The summed E-state index contributed by atoms with van der Waals surface area (Å²) in [5.41, 5.74) is 0. The lowest BCUT2D eigenvalue weighted by Crippen LogP contribution is -2.28. The Bertz CT molecular complexity index is 201. The summed E-state index contributed by atoms with van der Waals surface area (Å²) in [4.78, 5) is 11.7. The zero-order valence-electron chi connectivity index (χ0n) is 10.0. The average Bonchev–Trinajstić information content (AvgIpc) is 2.23. The summed E-state index contributed by atoms with van der Waals surface area (Å²) in [6.07, 6.45) is 6.46. The van der Waals surface area contributed by atoms with E-state index in [1.54, 1.807) is 0 Å². The number of hydrogen-bond donors (Lipinski definition) is 1. The Hall–Kier alpha value is -0.370. The molecule has 0 heterocycles. The Morgan fingerprint density at radius 2 is 2.20 bits per heavy atom. The molecule has 2 nitrogen and oxygen atoms in total. The molecule has 1 fully saturated rings. The fourth-order valence-electron chi connectivity index (χ4n) is 2.60. The third kappa shape index (κ3) is 3.94. The van der Waals surface area contributed by atoms with Crippen LogP contribution in [0.4, 0.5) is 0 Å². The van der Waals surface area contributed by atoms with Gasteiger partial charge in [-0.15, -0.1) is 0 Å². The third-order valence-electron chi connectivity index (χ3n) is 3.60. The number of aliphatic hydroxyl groups excluding tert-OH is 1. The lowest BCUT2D eigenvalue weighted by Gasteiger charge is -2.29. The van der Waals surface area contributed by atoms with Gasteiger partial charge in [0.2, 0.25) is 0 Å². The summed E-state index contributed by atoms with van der Waals surface area (Å²) in [5, 5.41) is 9.59. The first kappa shape index (κ1) is 12.7. The van der Waals surface area contributed by atoms with Crippen LogP contribution < -0.4 is 0 Å². The molecule has 15 heavy (non-hydrogen) atoms. The summed E-state index contributed by atoms with van der Waals surface area (Å²) >= 11 is 0. The third-order valence-corrected chi connectivity index (χ3v) is 3.60. The fraction of sp³-hybridized carbons (Fsp3) is 0.923. The molecule has 1 rings (SSSR count). The average molecular weight is 212 g/mol. The molecule has 0 aromatic carbocycles. The van der Waals surface area contributed by atoms with Gasteiger partial charge in [0.1, 0.15) is 5.78 Å². The Morgan fingerprint density at radius 3 is 2.80 bits per heavy atom. The van der Waals surface area contributed by atoms with Crippen molar-refractivity contribution in [2.75, 3.05) is 0 Å². The molecule has 88 valence electrons. The molecule has 0 aliphatic heterocycles. The van der Waals surface area contributed by atoms with Crippen molar-refractivity contribution in [1.29, 1.82) is 0 Å². The van der Waals surface area contributed by atoms with E-state index < -0.39 is 0 Å². The number of rotatable bonds is 5. The molecule has 0 aromatic rings. The number of Topliss-reactive ketones (excluding diaryl/α,β-unsaturated/α-hetero) is 1. The second kappa shape index (κ2) is 6.26. The predicted octanol–water partition coefficient (Wildman–Crippen LogP) is 2.93. The second-order valence-corrected chi connectivity index (χ2v) is 4.89. The minimum Gasteiger partial charge on any atom is -0.393 e. The predicted molar refractivity (Wildman–Crippen MR) is 61.7 cm³/mol. The van der Waals surface area contributed by atoms with Crippen molar-refractivity contribution in [3.63, 3.8) is 0 Å². The molecule has 2 heteroatoms. The van der Waals surface area contributed by atoms with E-state index in [-0.39, 0.29) is 12.0 Å². The number of carbonyl (C=O) groups is 1. The summed E-state index contributed by atoms with van der Waals surface area (Å²) in [6, 6.07) is 0. The highest BCUT2D eigenvalue weighted by atomic mass is 16.3. The van der Waals surface area contributed by atoms with Crippen molar-refractivity contribution >= 4 is 5.78 Å². The van der Waals surface area contributed by atoms with E-state index in [4.69, 9.17) is 0 Å². The first-order valence-electron chi connectivity index (χ1n) is 6.38. The van der Waals surface area contributed by atoms with Crippen LogP contribution in [0.2, 0.25) is 0 Å². The Kier molecular flexibility index (Phi) is 5.30. The van der Waals surface area contributed by atoms with E-state index in [1.807, 2.05) is 6.92 Å². The maximum Gasteiger partial charge on any atom is 0.136 e. The fourth-order valence-corrected chi connectivity index (χ4v) is 2.60. The maximum absolute atomic E-state index is 11.7. The molecule has 1 aliphatic carbocycles. The highest BCUT2D eigenvalue weighted by molar-refractivity contribution is 5.81. The van der Waals surface area contributed by atoms with Crippen LogP contribution in [0.1, 0.15) is 58.8 Å². The van der Waals surface area contributed by atoms with Crippen molar-refractivity contribution in [1.82, 2.24) is 0 Å². The van der Waals surface area contributed by atoms with E-state index in [1.165, 1.54) is 12.8 Å². The molecule has 1 N–H and O–H groups in total. The van der Waals surface area contributed by atoms with Crippen LogP contribution in [-0.4, -0.2) is 17.0 Å². The molecule has 0 spiro atoms. The number of carbonyl (C=O) groups excluding carboxylic acids is 1. The largest absolute Gasteiger partial charge is 0.393 e. The molecule has 0 saturated heterocycles. The zero-order valence-corrected chi connectivity index (χ0v) is 10.0. The smallest absolute Gasteiger partial charge is 0.136 e. The Morgan fingerprint density at radius 1 is 1.47 bits per heavy atom. The molecule has 0 radical (unpaired) electrons. The molecule has 0 aromatic heterocycles. The summed E-state index contributed by atoms with van der Waals surface area (Å²) in [6.45, 7) is 4.17. The number of aliphatic hydroxyl groups is 1. The van der Waals surface area contributed by atoms with Gasteiger partial charge in [0.05, 0.1) is 6.10 Å². The monoisotopic (exact) mass is 212 g/mol. The van der Waals surface area contributed by atoms with Gasteiger partial charge in [-0.3, -0.25) is 4.79 Å². The van der Waals surface area contributed by atoms with Crippen molar-refractivity contribution in [2.45, 2.75) is 64.9 Å². The van der Waals surface area contributed by atoms with Crippen LogP contribution in [-0.2, 0) is 4.79 Å². The van der Waals surface area contributed by atoms with Gasteiger partial charge in [-0.1, -0.05) is 26.7 Å².